The number of carbonyl (C=O) groups is 2. The summed E-state index contributed by atoms with van der Waals surface area (Å²) in [6.45, 7) is 9.87. The number of nitrogens with one attached hydrogen (secondary N) is 2. The topological polar surface area (TPSA) is 96.9 Å². The first kappa shape index (κ1) is 24.2. The molecule has 0 bridgehead atoms. The van der Waals surface area contributed by atoms with Gasteiger partial charge in [-0.3, -0.25) is 14.9 Å². The molecule has 2 aliphatic heterocycles. The number of thioether (sulfide) groups is 1. The SMILES string of the molecule is Cc1c(C)c2c(c(C)c1O)CCC(C)(CNCCOc1ccc(C=C3SC(=O)NC3=O)cc1)O2. The third-order valence-corrected chi connectivity index (χ3v) is 7.27. The molecule has 4 rings (SSSR count). The highest BCUT2D eigenvalue weighted by atomic mass is 32.2. The number of amides is 2. The number of rotatable bonds is 7. The van der Waals surface area contributed by atoms with E-state index in [0.29, 0.717) is 30.4 Å². The van der Waals surface area contributed by atoms with Gasteiger partial charge in [-0.2, -0.15) is 0 Å². The van der Waals surface area contributed by atoms with Gasteiger partial charge >= 0.3 is 0 Å². The van der Waals surface area contributed by atoms with Crippen molar-refractivity contribution < 1.29 is 24.2 Å². The summed E-state index contributed by atoms with van der Waals surface area (Å²) >= 11 is 0.903. The second-order valence-corrected chi connectivity index (χ2v) is 10.0. The summed E-state index contributed by atoms with van der Waals surface area (Å²) in [6, 6.07) is 7.39. The number of aromatic hydroxyl groups is 1. The zero-order valence-electron chi connectivity index (χ0n) is 19.9. The molecule has 8 heteroatoms. The second kappa shape index (κ2) is 9.72. The third-order valence-electron chi connectivity index (χ3n) is 6.46. The molecule has 1 atom stereocenters. The van der Waals surface area contributed by atoms with E-state index in [9.17, 15) is 14.7 Å². The molecule has 0 spiro atoms. The summed E-state index contributed by atoms with van der Waals surface area (Å²) in [4.78, 5) is 23.3. The zero-order chi connectivity index (χ0) is 24.5. The molecule has 1 saturated heterocycles. The van der Waals surface area contributed by atoms with E-state index in [2.05, 4.69) is 17.6 Å². The number of fused-ring (bicyclic) bond motifs is 1. The van der Waals surface area contributed by atoms with Gasteiger partial charge < -0.3 is 19.9 Å². The monoisotopic (exact) mass is 482 g/mol. The number of hydrogen-bond donors (Lipinski definition) is 3. The van der Waals surface area contributed by atoms with E-state index in [1.165, 1.54) is 0 Å². The van der Waals surface area contributed by atoms with Crippen LogP contribution < -0.4 is 20.1 Å². The molecule has 34 heavy (non-hydrogen) atoms. The highest BCUT2D eigenvalue weighted by Crippen LogP contribution is 2.43. The largest absolute Gasteiger partial charge is 0.507 e. The Morgan fingerprint density at radius 1 is 1.18 bits per heavy atom. The average Bonchev–Trinajstić information content (AvgIpc) is 3.13. The molecule has 0 aliphatic carbocycles. The van der Waals surface area contributed by atoms with Crippen molar-refractivity contribution in [2.45, 2.75) is 46.1 Å². The van der Waals surface area contributed by atoms with Gasteiger partial charge in [0.2, 0.25) is 0 Å². The zero-order valence-corrected chi connectivity index (χ0v) is 20.7. The molecule has 1 unspecified atom stereocenters. The van der Waals surface area contributed by atoms with E-state index >= 15 is 0 Å². The fraction of sp³-hybridized carbons (Fsp3) is 0.385. The first-order valence-electron chi connectivity index (χ1n) is 11.4. The van der Waals surface area contributed by atoms with Gasteiger partial charge in [0.15, 0.2) is 0 Å². The van der Waals surface area contributed by atoms with Crippen LogP contribution in [0.4, 0.5) is 4.79 Å². The van der Waals surface area contributed by atoms with Crippen LogP contribution in [0.15, 0.2) is 29.2 Å². The lowest BCUT2D eigenvalue weighted by atomic mass is 9.87. The van der Waals surface area contributed by atoms with Crippen molar-refractivity contribution in [3.8, 4) is 17.2 Å². The molecule has 180 valence electrons. The Kier molecular flexibility index (Phi) is 6.91. The van der Waals surface area contributed by atoms with Gasteiger partial charge in [-0.05, 0) is 92.8 Å². The summed E-state index contributed by atoms with van der Waals surface area (Å²) < 4.78 is 12.3. The molecule has 2 heterocycles. The minimum Gasteiger partial charge on any atom is -0.507 e. The predicted molar refractivity (Wildman–Crippen MR) is 134 cm³/mol. The van der Waals surface area contributed by atoms with Gasteiger partial charge in [0, 0.05) is 18.7 Å². The molecule has 2 amide bonds. The summed E-state index contributed by atoms with van der Waals surface area (Å²) in [7, 11) is 0. The van der Waals surface area contributed by atoms with E-state index < -0.39 is 0 Å². The van der Waals surface area contributed by atoms with E-state index in [0.717, 1.165) is 63.9 Å². The summed E-state index contributed by atoms with van der Waals surface area (Å²) in [5.41, 5.74) is 4.42. The Labute approximate surface area is 203 Å². The molecule has 0 aromatic heterocycles. The molecular weight excluding hydrogens is 452 g/mol. The Hall–Kier alpha value is -2.97. The minimum atomic E-state index is -0.362. The third kappa shape index (κ3) is 5.08. The molecule has 2 aliphatic rings. The van der Waals surface area contributed by atoms with E-state index in [-0.39, 0.29) is 16.7 Å². The minimum absolute atomic E-state index is 0.325. The molecule has 7 nitrogen and oxygen atoms in total. The van der Waals surface area contributed by atoms with E-state index in [4.69, 9.17) is 9.47 Å². The number of hydrogen-bond acceptors (Lipinski definition) is 7. The first-order valence-corrected chi connectivity index (χ1v) is 12.2. The number of benzene rings is 2. The molecule has 2 aromatic carbocycles. The number of imide groups is 1. The van der Waals surface area contributed by atoms with Crippen molar-refractivity contribution in [2.24, 2.45) is 0 Å². The normalized spacial score (nSPS) is 20.8. The van der Waals surface area contributed by atoms with Crippen LogP contribution in [-0.4, -0.2) is 41.6 Å². The number of phenolic OH excluding ortho intramolecular Hbond substituents is 1. The van der Waals surface area contributed by atoms with Crippen LogP contribution >= 0.6 is 11.8 Å². The Balaban J connectivity index is 1.26. The van der Waals surface area contributed by atoms with Crippen LogP contribution in [0, 0.1) is 20.8 Å². The summed E-state index contributed by atoms with van der Waals surface area (Å²) in [6.07, 6.45) is 3.43. The van der Waals surface area contributed by atoms with Gasteiger partial charge in [0.25, 0.3) is 11.1 Å². The lowest BCUT2D eigenvalue weighted by molar-refractivity contribution is -0.115. The van der Waals surface area contributed by atoms with Crippen molar-refractivity contribution in [2.75, 3.05) is 19.7 Å². The molecule has 0 saturated carbocycles. The maximum atomic E-state index is 11.6. The Morgan fingerprint density at radius 2 is 1.91 bits per heavy atom. The average molecular weight is 483 g/mol. The first-order chi connectivity index (χ1) is 16.2. The molecular formula is C26H30N2O5S. The molecule has 0 radical (unpaired) electrons. The molecule has 2 aromatic rings. The van der Waals surface area contributed by atoms with Crippen LogP contribution in [0.25, 0.3) is 6.08 Å². The van der Waals surface area contributed by atoms with Crippen molar-refractivity contribution in [1.29, 1.82) is 0 Å². The van der Waals surface area contributed by atoms with Gasteiger partial charge in [-0.15, -0.1) is 0 Å². The van der Waals surface area contributed by atoms with Crippen LogP contribution in [0.3, 0.4) is 0 Å². The fourth-order valence-corrected chi connectivity index (χ4v) is 4.93. The maximum absolute atomic E-state index is 11.6. The number of carbonyl (C=O) groups excluding carboxylic acids is 2. The van der Waals surface area contributed by atoms with Crippen LogP contribution in [0.5, 0.6) is 17.2 Å². The van der Waals surface area contributed by atoms with Crippen molar-refractivity contribution in [3.05, 3.63) is 57.0 Å². The number of ether oxygens (including phenoxy) is 2. The van der Waals surface area contributed by atoms with Crippen LogP contribution in [0.1, 0.15) is 41.2 Å². The Morgan fingerprint density at radius 3 is 2.59 bits per heavy atom. The van der Waals surface area contributed by atoms with Crippen LogP contribution in [-0.2, 0) is 11.2 Å². The smallest absolute Gasteiger partial charge is 0.290 e. The lowest BCUT2D eigenvalue weighted by Gasteiger charge is -2.38. The van der Waals surface area contributed by atoms with Gasteiger partial charge in [0.05, 0.1) is 4.91 Å². The van der Waals surface area contributed by atoms with E-state index in [1.807, 2.05) is 45.0 Å². The maximum Gasteiger partial charge on any atom is 0.290 e. The lowest BCUT2D eigenvalue weighted by Crippen LogP contribution is -2.46. The second-order valence-electron chi connectivity index (χ2n) is 9.03. The molecule has 1 fully saturated rings. The highest BCUT2D eigenvalue weighted by Gasteiger charge is 2.34. The highest BCUT2D eigenvalue weighted by molar-refractivity contribution is 8.18. The van der Waals surface area contributed by atoms with Gasteiger partial charge in [-0.25, -0.2) is 0 Å². The summed E-state index contributed by atoms with van der Waals surface area (Å²) in [5, 5.41) is 15.7. The van der Waals surface area contributed by atoms with Crippen molar-refractivity contribution >= 4 is 29.0 Å². The summed E-state index contributed by atoms with van der Waals surface area (Å²) in [5.74, 6) is 1.66. The Bertz CT molecular complexity index is 1160. The molecule has 3 N–H and O–H groups in total. The fourth-order valence-electron chi connectivity index (χ4n) is 4.25. The van der Waals surface area contributed by atoms with Crippen LogP contribution in [0.2, 0.25) is 0 Å². The van der Waals surface area contributed by atoms with Crippen molar-refractivity contribution in [1.82, 2.24) is 10.6 Å². The van der Waals surface area contributed by atoms with Crippen molar-refractivity contribution in [3.63, 3.8) is 0 Å². The number of phenols is 1. The van der Waals surface area contributed by atoms with Gasteiger partial charge in [-0.1, -0.05) is 12.1 Å². The standard InChI is InChI=1S/C26H30N2O5S/c1-15-16(2)23-20(17(3)22(15)29)9-10-26(4,33-23)14-27-11-12-32-19-7-5-18(6-8-19)13-21-24(30)28-25(31)34-21/h5-8,13,27,29H,9-12,14H2,1-4H3,(H,28,30,31). The quantitative estimate of drug-likeness (QED) is 0.398. The predicted octanol–water partition coefficient (Wildman–Crippen LogP) is 4.39. The van der Waals surface area contributed by atoms with E-state index in [1.54, 1.807) is 6.08 Å². The van der Waals surface area contributed by atoms with Gasteiger partial charge in [0.1, 0.15) is 29.5 Å².